The number of ether oxygens (including phenoxy) is 2. The van der Waals surface area contributed by atoms with Crippen LogP contribution in [0.5, 0.6) is 11.5 Å². The minimum atomic E-state index is -4.09. The van der Waals surface area contributed by atoms with E-state index in [0.29, 0.717) is 18.8 Å². The maximum atomic E-state index is 13.4. The Bertz CT molecular complexity index is 1200. The second kappa shape index (κ2) is 10.5. The van der Waals surface area contributed by atoms with Crippen LogP contribution < -0.4 is 13.8 Å². The van der Waals surface area contributed by atoms with Crippen molar-refractivity contribution in [2.45, 2.75) is 38.5 Å². The van der Waals surface area contributed by atoms with Gasteiger partial charge in [-0.05, 0) is 75.2 Å². The van der Waals surface area contributed by atoms with Crippen LogP contribution in [0, 0.1) is 20.8 Å². The molecule has 3 rings (SSSR count). The summed E-state index contributed by atoms with van der Waals surface area (Å²) in [5.74, 6) is 0.804. The summed E-state index contributed by atoms with van der Waals surface area (Å²) < 4.78 is 38.7. The van der Waals surface area contributed by atoms with E-state index in [-0.39, 0.29) is 17.0 Å². The number of rotatable bonds is 9. The number of hydrogen-bond acceptors (Lipinski definition) is 5. The van der Waals surface area contributed by atoms with Crippen molar-refractivity contribution in [1.29, 1.82) is 0 Å². The van der Waals surface area contributed by atoms with Gasteiger partial charge in [-0.25, -0.2) is 12.7 Å². The highest BCUT2D eigenvalue weighted by atomic mass is 32.2. The van der Waals surface area contributed by atoms with E-state index in [0.717, 1.165) is 26.7 Å². The number of aryl methyl sites for hydroxylation is 3. The molecule has 0 saturated heterocycles. The van der Waals surface area contributed by atoms with Gasteiger partial charge in [0.05, 0.1) is 24.3 Å². The van der Waals surface area contributed by atoms with E-state index in [1.165, 1.54) is 19.2 Å². The van der Waals surface area contributed by atoms with Crippen molar-refractivity contribution >= 4 is 21.6 Å². The molecule has 0 radical (unpaired) electrons. The van der Waals surface area contributed by atoms with Gasteiger partial charge < -0.3 is 9.47 Å². The Balaban J connectivity index is 1.79. The van der Waals surface area contributed by atoms with Crippen molar-refractivity contribution in [1.82, 2.24) is 0 Å². The average molecular weight is 468 g/mol. The molecule has 1 amide bonds. The van der Waals surface area contributed by atoms with Crippen LogP contribution in [0.1, 0.15) is 29.5 Å². The number of benzene rings is 3. The molecule has 0 atom stereocenters. The van der Waals surface area contributed by atoms with Crippen LogP contribution in [-0.4, -0.2) is 28.0 Å². The van der Waals surface area contributed by atoms with Gasteiger partial charge in [-0.15, -0.1) is 0 Å². The Hall–Kier alpha value is -3.32. The molecule has 0 saturated carbocycles. The fourth-order valence-corrected chi connectivity index (χ4v) is 4.87. The van der Waals surface area contributed by atoms with E-state index < -0.39 is 15.9 Å². The van der Waals surface area contributed by atoms with E-state index in [2.05, 4.69) is 0 Å². The third-order valence-electron chi connectivity index (χ3n) is 5.22. The number of hydrogen-bond donors (Lipinski definition) is 0. The first-order chi connectivity index (χ1) is 15.7. The van der Waals surface area contributed by atoms with Crippen LogP contribution in [0.3, 0.4) is 0 Å². The first-order valence-corrected chi connectivity index (χ1v) is 12.2. The van der Waals surface area contributed by atoms with Crippen molar-refractivity contribution in [2.75, 3.05) is 18.0 Å². The van der Waals surface area contributed by atoms with E-state index in [1.807, 2.05) is 39.0 Å². The molecule has 0 heterocycles. The van der Waals surface area contributed by atoms with Gasteiger partial charge in [0.2, 0.25) is 5.91 Å². The number of anilines is 1. The highest BCUT2D eigenvalue weighted by Gasteiger charge is 2.30. The smallest absolute Gasteiger partial charge is 0.270 e. The van der Waals surface area contributed by atoms with Crippen LogP contribution in [0.15, 0.2) is 71.6 Å². The molecule has 0 N–H and O–H groups in total. The molecule has 0 bridgehead atoms. The normalized spacial score (nSPS) is 11.2. The molecule has 6 nitrogen and oxygen atoms in total. The highest BCUT2D eigenvalue weighted by molar-refractivity contribution is 7.93. The molecule has 3 aromatic rings. The Morgan fingerprint density at radius 2 is 1.52 bits per heavy atom. The van der Waals surface area contributed by atoms with Crippen molar-refractivity contribution in [3.05, 3.63) is 83.4 Å². The zero-order chi connectivity index (χ0) is 24.0. The van der Waals surface area contributed by atoms with Gasteiger partial charge in [0.1, 0.15) is 11.5 Å². The summed E-state index contributed by atoms with van der Waals surface area (Å²) in [6, 6.07) is 18.7. The summed E-state index contributed by atoms with van der Waals surface area (Å²) in [7, 11) is -2.56. The van der Waals surface area contributed by atoms with Crippen LogP contribution in [0.2, 0.25) is 0 Å². The molecule has 0 aliphatic rings. The fourth-order valence-electron chi connectivity index (χ4n) is 3.42. The van der Waals surface area contributed by atoms with E-state index >= 15 is 0 Å². The summed E-state index contributed by atoms with van der Waals surface area (Å²) in [6.07, 6.45) is 0.393. The second-order valence-corrected chi connectivity index (χ2v) is 9.68. The summed E-state index contributed by atoms with van der Waals surface area (Å²) >= 11 is 0. The first kappa shape index (κ1) is 24.3. The largest absolute Gasteiger partial charge is 0.497 e. The summed E-state index contributed by atoms with van der Waals surface area (Å²) in [5, 5.41) is 0. The first-order valence-electron chi connectivity index (χ1n) is 10.7. The predicted molar refractivity (Wildman–Crippen MR) is 129 cm³/mol. The lowest BCUT2D eigenvalue weighted by Gasteiger charge is -2.23. The van der Waals surface area contributed by atoms with Crippen molar-refractivity contribution in [3.8, 4) is 11.5 Å². The average Bonchev–Trinajstić information content (AvgIpc) is 2.78. The second-order valence-electron chi connectivity index (χ2n) is 7.90. The van der Waals surface area contributed by atoms with E-state index in [9.17, 15) is 13.2 Å². The van der Waals surface area contributed by atoms with Crippen LogP contribution in [0.25, 0.3) is 0 Å². The molecule has 7 heteroatoms. The summed E-state index contributed by atoms with van der Waals surface area (Å²) in [6.45, 7) is 6.15. The monoisotopic (exact) mass is 467 g/mol. The standard InChI is InChI=1S/C26H29NO5S/c1-19-7-14-24(15-8-19)33(29,30)27(22-10-12-23(31-4)13-11-22)26(28)6-5-17-32-25-16-9-20(2)18-21(25)3/h7-16,18H,5-6,17H2,1-4H3. The number of carbonyl (C=O) groups is 1. The number of amides is 1. The SMILES string of the molecule is COc1ccc(N(C(=O)CCCOc2ccc(C)cc2C)S(=O)(=O)c2ccc(C)cc2)cc1. The maximum Gasteiger partial charge on any atom is 0.270 e. The van der Waals surface area contributed by atoms with Crippen LogP contribution in [-0.2, 0) is 14.8 Å². The molecule has 33 heavy (non-hydrogen) atoms. The maximum absolute atomic E-state index is 13.4. The Morgan fingerprint density at radius 1 is 0.879 bits per heavy atom. The highest BCUT2D eigenvalue weighted by Crippen LogP contribution is 2.27. The molecule has 0 aliphatic heterocycles. The molecule has 0 aromatic heterocycles. The Morgan fingerprint density at radius 3 is 2.12 bits per heavy atom. The minimum Gasteiger partial charge on any atom is -0.497 e. The zero-order valence-corrected chi connectivity index (χ0v) is 20.2. The van der Waals surface area contributed by atoms with Gasteiger partial charge in [0.25, 0.3) is 10.0 Å². The third kappa shape index (κ3) is 5.93. The lowest BCUT2D eigenvalue weighted by molar-refractivity contribution is -0.117. The van der Waals surface area contributed by atoms with Crippen LogP contribution >= 0.6 is 0 Å². The zero-order valence-electron chi connectivity index (χ0n) is 19.4. The van der Waals surface area contributed by atoms with Gasteiger partial charge in [-0.3, -0.25) is 4.79 Å². The van der Waals surface area contributed by atoms with Crippen molar-refractivity contribution in [3.63, 3.8) is 0 Å². The third-order valence-corrected chi connectivity index (χ3v) is 6.98. The lowest BCUT2D eigenvalue weighted by Crippen LogP contribution is -2.37. The predicted octanol–water partition coefficient (Wildman–Crippen LogP) is 5.20. The molecule has 0 unspecified atom stereocenters. The van der Waals surface area contributed by atoms with Gasteiger partial charge in [0.15, 0.2) is 0 Å². The molecule has 0 spiro atoms. The summed E-state index contributed by atoms with van der Waals surface area (Å²) in [4.78, 5) is 13.2. The van der Waals surface area contributed by atoms with Gasteiger partial charge >= 0.3 is 0 Å². The van der Waals surface area contributed by atoms with Crippen molar-refractivity contribution < 1.29 is 22.7 Å². The van der Waals surface area contributed by atoms with Gasteiger partial charge in [-0.1, -0.05) is 35.4 Å². The molecule has 0 fully saturated rings. The van der Waals surface area contributed by atoms with Crippen LogP contribution in [0.4, 0.5) is 5.69 Å². The molecule has 3 aromatic carbocycles. The fraction of sp³-hybridized carbons (Fsp3) is 0.269. The molecular formula is C26H29NO5S. The Labute approximate surface area is 195 Å². The lowest BCUT2D eigenvalue weighted by atomic mass is 10.1. The number of methoxy groups -OCH3 is 1. The van der Waals surface area contributed by atoms with Gasteiger partial charge in [-0.2, -0.15) is 0 Å². The number of sulfonamides is 1. The Kier molecular flexibility index (Phi) is 7.76. The molecule has 0 aliphatic carbocycles. The van der Waals surface area contributed by atoms with E-state index in [4.69, 9.17) is 9.47 Å². The van der Waals surface area contributed by atoms with E-state index in [1.54, 1.807) is 36.4 Å². The number of nitrogens with zero attached hydrogens (tertiary/aromatic N) is 1. The topological polar surface area (TPSA) is 72.9 Å². The van der Waals surface area contributed by atoms with Crippen molar-refractivity contribution in [2.24, 2.45) is 0 Å². The minimum absolute atomic E-state index is 0.0159. The number of carbonyl (C=O) groups excluding carboxylic acids is 1. The molecular weight excluding hydrogens is 438 g/mol. The van der Waals surface area contributed by atoms with Gasteiger partial charge in [0, 0.05) is 6.42 Å². The quantitative estimate of drug-likeness (QED) is 0.404. The molecule has 174 valence electrons. The summed E-state index contributed by atoms with van der Waals surface area (Å²) in [5.41, 5.74) is 3.35.